The molecule has 0 saturated carbocycles. The Morgan fingerprint density at radius 2 is 1.91 bits per heavy atom. The second-order valence-electron chi connectivity index (χ2n) is 5.59. The monoisotopic (exact) mass is 304 g/mol. The number of amides is 1. The van der Waals surface area contributed by atoms with Gasteiger partial charge in [-0.1, -0.05) is 23.4 Å². The molecule has 22 heavy (non-hydrogen) atoms. The number of carbonyl (C=O) groups is 2. The Bertz CT molecular complexity index is 619. The third-order valence-corrected chi connectivity index (χ3v) is 3.75. The van der Waals surface area contributed by atoms with Gasteiger partial charge in [0.1, 0.15) is 6.04 Å². The lowest BCUT2D eigenvalue weighted by Gasteiger charge is -2.30. The second kappa shape index (κ2) is 6.17. The molecule has 0 spiro atoms. The number of oxime groups is 1. The summed E-state index contributed by atoms with van der Waals surface area (Å²) in [5.41, 5.74) is 3.03. The van der Waals surface area contributed by atoms with Crippen molar-refractivity contribution >= 4 is 23.3 Å². The van der Waals surface area contributed by atoms with E-state index in [4.69, 9.17) is 4.84 Å². The standard InChI is InChI=1S/C16H20N2O4/c1-9-6-5-7-10(2)14(9)18(12(4)16(20)21)15(19)13-8-11(3)17-22-13/h5-7,12-13H,8H2,1-4H3,(H,20,21). The zero-order valence-corrected chi connectivity index (χ0v) is 13.2. The molecule has 0 radical (unpaired) electrons. The molecule has 1 aromatic rings. The molecule has 0 aliphatic carbocycles. The van der Waals surface area contributed by atoms with Gasteiger partial charge in [0, 0.05) is 6.42 Å². The first-order chi connectivity index (χ1) is 10.3. The van der Waals surface area contributed by atoms with Crippen LogP contribution in [0, 0.1) is 13.8 Å². The average Bonchev–Trinajstić information content (AvgIpc) is 2.88. The van der Waals surface area contributed by atoms with Gasteiger partial charge < -0.3 is 9.94 Å². The molecule has 0 fully saturated rings. The summed E-state index contributed by atoms with van der Waals surface area (Å²) in [6.45, 7) is 6.98. The molecule has 1 heterocycles. The largest absolute Gasteiger partial charge is 0.480 e. The van der Waals surface area contributed by atoms with E-state index >= 15 is 0 Å². The van der Waals surface area contributed by atoms with Gasteiger partial charge in [-0.25, -0.2) is 4.79 Å². The summed E-state index contributed by atoms with van der Waals surface area (Å²) < 4.78 is 0. The lowest BCUT2D eigenvalue weighted by atomic mass is 10.0. The molecular formula is C16H20N2O4. The Morgan fingerprint density at radius 1 is 1.32 bits per heavy atom. The molecule has 0 bridgehead atoms. The molecule has 6 heteroatoms. The van der Waals surface area contributed by atoms with Crippen molar-refractivity contribution in [3.63, 3.8) is 0 Å². The van der Waals surface area contributed by atoms with Crippen LogP contribution in [0.4, 0.5) is 5.69 Å². The van der Waals surface area contributed by atoms with Crippen LogP contribution in [0.3, 0.4) is 0 Å². The van der Waals surface area contributed by atoms with Crippen LogP contribution in [0.25, 0.3) is 0 Å². The Morgan fingerprint density at radius 3 is 2.36 bits per heavy atom. The van der Waals surface area contributed by atoms with Crippen molar-refractivity contribution in [1.82, 2.24) is 0 Å². The molecule has 0 aromatic heterocycles. The SMILES string of the molecule is CC1=NOC(C(=O)N(c2c(C)cccc2C)C(C)C(=O)O)C1. The molecule has 1 amide bonds. The topological polar surface area (TPSA) is 79.2 Å². The lowest BCUT2D eigenvalue weighted by molar-refractivity contribution is -0.141. The second-order valence-corrected chi connectivity index (χ2v) is 5.59. The van der Waals surface area contributed by atoms with Gasteiger partial charge in [-0.2, -0.15) is 0 Å². The Labute approximate surface area is 129 Å². The third kappa shape index (κ3) is 2.95. The van der Waals surface area contributed by atoms with Crippen LogP contribution in [-0.2, 0) is 14.4 Å². The van der Waals surface area contributed by atoms with Crippen molar-refractivity contribution in [2.45, 2.75) is 46.3 Å². The van der Waals surface area contributed by atoms with Crippen LogP contribution in [0.2, 0.25) is 0 Å². The summed E-state index contributed by atoms with van der Waals surface area (Å²) >= 11 is 0. The van der Waals surface area contributed by atoms with Crippen molar-refractivity contribution in [3.05, 3.63) is 29.3 Å². The first kappa shape index (κ1) is 16.0. The summed E-state index contributed by atoms with van der Waals surface area (Å²) in [4.78, 5) is 30.7. The minimum atomic E-state index is -1.06. The highest BCUT2D eigenvalue weighted by Crippen LogP contribution is 2.29. The summed E-state index contributed by atoms with van der Waals surface area (Å²) in [7, 11) is 0. The van der Waals surface area contributed by atoms with Gasteiger partial charge in [0.05, 0.1) is 11.4 Å². The Hall–Kier alpha value is -2.37. The zero-order chi connectivity index (χ0) is 16.4. The van der Waals surface area contributed by atoms with E-state index in [1.54, 1.807) is 6.92 Å². The smallest absolute Gasteiger partial charge is 0.326 e. The number of aliphatic carboxylic acids is 1. The number of anilines is 1. The third-order valence-electron chi connectivity index (χ3n) is 3.75. The Kier molecular flexibility index (Phi) is 4.49. The molecule has 0 saturated heterocycles. The van der Waals surface area contributed by atoms with Gasteiger partial charge in [-0.05, 0) is 38.8 Å². The number of nitrogens with zero attached hydrogens (tertiary/aromatic N) is 2. The van der Waals surface area contributed by atoms with Crippen molar-refractivity contribution in [2.24, 2.45) is 5.16 Å². The minimum absolute atomic E-state index is 0.382. The maximum Gasteiger partial charge on any atom is 0.326 e. The molecular weight excluding hydrogens is 284 g/mol. The van der Waals surface area contributed by atoms with E-state index < -0.39 is 18.1 Å². The number of para-hydroxylation sites is 1. The molecule has 2 atom stereocenters. The highest BCUT2D eigenvalue weighted by Gasteiger charge is 2.37. The van der Waals surface area contributed by atoms with Crippen molar-refractivity contribution in [2.75, 3.05) is 4.90 Å². The molecule has 1 N–H and O–H groups in total. The molecule has 1 aliphatic heterocycles. The van der Waals surface area contributed by atoms with Crippen LogP contribution in [0.15, 0.2) is 23.4 Å². The van der Waals surface area contributed by atoms with E-state index in [0.717, 1.165) is 16.8 Å². The van der Waals surface area contributed by atoms with Crippen molar-refractivity contribution in [3.8, 4) is 0 Å². The van der Waals surface area contributed by atoms with Crippen LogP contribution in [-0.4, -0.2) is 34.8 Å². The number of rotatable bonds is 4. The summed E-state index contributed by atoms with van der Waals surface area (Å²) in [5, 5.41) is 13.2. The van der Waals surface area contributed by atoms with Crippen molar-refractivity contribution < 1.29 is 19.5 Å². The minimum Gasteiger partial charge on any atom is -0.480 e. The van der Waals surface area contributed by atoms with Crippen LogP contribution in [0.5, 0.6) is 0 Å². The van der Waals surface area contributed by atoms with Crippen molar-refractivity contribution in [1.29, 1.82) is 0 Å². The van der Waals surface area contributed by atoms with E-state index in [9.17, 15) is 14.7 Å². The lowest BCUT2D eigenvalue weighted by Crippen LogP contribution is -2.48. The van der Waals surface area contributed by atoms with Crippen LogP contribution < -0.4 is 4.90 Å². The number of benzene rings is 1. The number of carboxylic acids is 1. The number of hydrogen-bond acceptors (Lipinski definition) is 4. The summed E-state index contributed by atoms with van der Waals surface area (Å²) in [6, 6.07) is 4.60. The first-order valence-electron chi connectivity index (χ1n) is 7.14. The molecule has 6 nitrogen and oxygen atoms in total. The number of aryl methyl sites for hydroxylation is 2. The fourth-order valence-corrected chi connectivity index (χ4v) is 2.57. The van der Waals surface area contributed by atoms with E-state index in [-0.39, 0.29) is 5.91 Å². The number of hydrogen-bond donors (Lipinski definition) is 1. The fraction of sp³-hybridized carbons (Fsp3) is 0.438. The highest BCUT2D eigenvalue weighted by molar-refractivity contribution is 6.04. The predicted octanol–water partition coefficient (Wildman–Crippen LogP) is 2.27. The molecule has 1 aromatic carbocycles. The maximum atomic E-state index is 12.8. The van der Waals surface area contributed by atoms with Gasteiger partial charge in [0.2, 0.25) is 6.10 Å². The van der Waals surface area contributed by atoms with Gasteiger partial charge in [0.15, 0.2) is 0 Å². The summed E-state index contributed by atoms with van der Waals surface area (Å²) in [6.07, 6.45) is -0.382. The molecule has 1 aliphatic rings. The van der Waals surface area contributed by atoms with Crippen LogP contribution in [0.1, 0.15) is 31.4 Å². The summed E-state index contributed by atoms with van der Waals surface area (Å²) in [5.74, 6) is -1.44. The van der Waals surface area contributed by atoms with E-state index in [1.165, 1.54) is 11.8 Å². The van der Waals surface area contributed by atoms with E-state index in [1.807, 2.05) is 32.0 Å². The molecule has 2 unspecified atom stereocenters. The maximum absolute atomic E-state index is 12.8. The van der Waals surface area contributed by atoms with Gasteiger partial charge in [0.25, 0.3) is 5.91 Å². The fourth-order valence-electron chi connectivity index (χ4n) is 2.57. The normalized spacial score (nSPS) is 18.4. The Balaban J connectivity index is 2.44. The number of carboxylic acid groups (broad SMARTS) is 1. The molecule has 2 rings (SSSR count). The molecule has 118 valence electrons. The van der Waals surface area contributed by atoms with Gasteiger partial charge in [-0.3, -0.25) is 9.69 Å². The highest BCUT2D eigenvalue weighted by atomic mass is 16.6. The van der Waals surface area contributed by atoms with Gasteiger partial charge >= 0.3 is 5.97 Å². The van der Waals surface area contributed by atoms with E-state index in [2.05, 4.69) is 5.16 Å². The quantitative estimate of drug-likeness (QED) is 0.925. The average molecular weight is 304 g/mol. The predicted molar refractivity (Wildman–Crippen MR) is 83.1 cm³/mol. The zero-order valence-electron chi connectivity index (χ0n) is 13.2. The van der Waals surface area contributed by atoms with E-state index in [0.29, 0.717) is 12.1 Å². The van der Waals surface area contributed by atoms with Crippen LogP contribution >= 0.6 is 0 Å². The first-order valence-corrected chi connectivity index (χ1v) is 7.14. The number of carbonyl (C=O) groups excluding carboxylic acids is 1. The van der Waals surface area contributed by atoms with Gasteiger partial charge in [-0.15, -0.1) is 0 Å².